The summed E-state index contributed by atoms with van der Waals surface area (Å²) in [7, 11) is 0. The summed E-state index contributed by atoms with van der Waals surface area (Å²) in [6.45, 7) is 10.7. The van der Waals surface area contributed by atoms with E-state index in [0.29, 0.717) is 11.3 Å². The van der Waals surface area contributed by atoms with Crippen molar-refractivity contribution < 1.29 is 9.72 Å². The summed E-state index contributed by atoms with van der Waals surface area (Å²) < 4.78 is 0. The standard InChI is InChI=1S/C21H25N3O3S/c1-13-14(2)16(4)20(17(5)15(13)3)11-28-12-21(25)23-22-10-18-6-8-19(9-7-18)24(26)27/h6-10H,11-12H2,1-5H3,(H,23,25)/b22-10-. The van der Waals surface area contributed by atoms with E-state index in [0.717, 1.165) is 5.75 Å². The number of carbonyl (C=O) groups excluding carboxylic acids is 1. The summed E-state index contributed by atoms with van der Waals surface area (Å²) in [6, 6.07) is 5.96. The molecular formula is C21H25N3O3S. The van der Waals surface area contributed by atoms with Gasteiger partial charge in [0.05, 0.1) is 16.9 Å². The van der Waals surface area contributed by atoms with Gasteiger partial charge in [-0.3, -0.25) is 14.9 Å². The van der Waals surface area contributed by atoms with Crippen LogP contribution in [0.25, 0.3) is 0 Å². The number of nitrogens with zero attached hydrogens (tertiary/aromatic N) is 2. The van der Waals surface area contributed by atoms with Gasteiger partial charge in [-0.05, 0) is 85.7 Å². The third-order valence-electron chi connectivity index (χ3n) is 5.14. The second-order valence-electron chi connectivity index (χ2n) is 6.74. The van der Waals surface area contributed by atoms with Crippen LogP contribution in [0, 0.1) is 44.7 Å². The van der Waals surface area contributed by atoms with E-state index < -0.39 is 4.92 Å². The average molecular weight is 400 g/mol. The Bertz CT molecular complexity index is 892. The third-order valence-corrected chi connectivity index (χ3v) is 6.10. The van der Waals surface area contributed by atoms with Gasteiger partial charge in [-0.2, -0.15) is 5.10 Å². The van der Waals surface area contributed by atoms with Gasteiger partial charge in [0, 0.05) is 17.9 Å². The molecule has 0 spiro atoms. The number of hydrogen-bond acceptors (Lipinski definition) is 5. The zero-order valence-corrected chi connectivity index (χ0v) is 17.6. The van der Waals surface area contributed by atoms with Crippen LogP contribution in [0.15, 0.2) is 29.4 Å². The number of amides is 1. The Kier molecular flexibility index (Phi) is 7.34. The molecule has 0 saturated heterocycles. The molecular weight excluding hydrogens is 374 g/mol. The van der Waals surface area contributed by atoms with Crippen LogP contribution in [0.2, 0.25) is 0 Å². The highest BCUT2D eigenvalue weighted by atomic mass is 32.2. The fourth-order valence-electron chi connectivity index (χ4n) is 2.93. The highest BCUT2D eigenvalue weighted by molar-refractivity contribution is 7.99. The highest BCUT2D eigenvalue weighted by Gasteiger charge is 2.12. The molecule has 0 radical (unpaired) electrons. The molecule has 28 heavy (non-hydrogen) atoms. The maximum Gasteiger partial charge on any atom is 0.269 e. The van der Waals surface area contributed by atoms with Crippen LogP contribution in [-0.4, -0.2) is 22.8 Å². The molecule has 7 heteroatoms. The van der Waals surface area contributed by atoms with Gasteiger partial charge < -0.3 is 0 Å². The monoisotopic (exact) mass is 399 g/mol. The Labute approximate surface area is 169 Å². The lowest BCUT2D eigenvalue weighted by molar-refractivity contribution is -0.384. The molecule has 0 fully saturated rings. The Morgan fingerprint density at radius 1 is 1.04 bits per heavy atom. The maximum absolute atomic E-state index is 12.0. The van der Waals surface area contributed by atoms with Gasteiger partial charge >= 0.3 is 0 Å². The van der Waals surface area contributed by atoms with Gasteiger partial charge in [-0.1, -0.05) is 0 Å². The van der Waals surface area contributed by atoms with Crippen LogP contribution >= 0.6 is 11.8 Å². The van der Waals surface area contributed by atoms with E-state index in [-0.39, 0.29) is 11.6 Å². The van der Waals surface area contributed by atoms with Crippen LogP contribution in [0.1, 0.15) is 38.9 Å². The van der Waals surface area contributed by atoms with E-state index in [9.17, 15) is 14.9 Å². The van der Waals surface area contributed by atoms with E-state index in [4.69, 9.17) is 0 Å². The molecule has 0 heterocycles. The normalized spacial score (nSPS) is 11.0. The van der Waals surface area contributed by atoms with Gasteiger partial charge in [-0.15, -0.1) is 11.8 Å². The fraction of sp³-hybridized carbons (Fsp3) is 0.333. The van der Waals surface area contributed by atoms with Crippen molar-refractivity contribution in [3.8, 4) is 0 Å². The van der Waals surface area contributed by atoms with Crippen molar-refractivity contribution >= 4 is 29.6 Å². The van der Waals surface area contributed by atoms with Crippen molar-refractivity contribution in [3.63, 3.8) is 0 Å². The van der Waals surface area contributed by atoms with Gasteiger partial charge in [0.2, 0.25) is 5.91 Å². The Hall–Kier alpha value is -2.67. The zero-order valence-electron chi connectivity index (χ0n) is 16.8. The van der Waals surface area contributed by atoms with Gasteiger partial charge in [0.15, 0.2) is 0 Å². The number of hydrogen-bond donors (Lipinski definition) is 1. The fourth-order valence-corrected chi connectivity index (χ4v) is 3.92. The molecule has 0 saturated carbocycles. The number of nitro benzene ring substituents is 1. The minimum Gasteiger partial charge on any atom is -0.272 e. The predicted octanol–water partition coefficient (Wildman–Crippen LogP) is 4.52. The molecule has 6 nitrogen and oxygen atoms in total. The Morgan fingerprint density at radius 2 is 1.57 bits per heavy atom. The Morgan fingerprint density at radius 3 is 2.11 bits per heavy atom. The molecule has 1 amide bonds. The minimum absolute atomic E-state index is 0.0183. The average Bonchev–Trinajstić information content (AvgIpc) is 2.68. The minimum atomic E-state index is -0.458. The smallest absolute Gasteiger partial charge is 0.269 e. The molecule has 2 rings (SSSR count). The number of nitro groups is 1. The molecule has 0 atom stereocenters. The summed E-state index contributed by atoms with van der Waals surface area (Å²) in [6.07, 6.45) is 1.47. The van der Waals surface area contributed by atoms with E-state index >= 15 is 0 Å². The summed E-state index contributed by atoms with van der Waals surface area (Å²) >= 11 is 1.56. The summed E-state index contributed by atoms with van der Waals surface area (Å²) in [4.78, 5) is 22.2. The topological polar surface area (TPSA) is 84.6 Å². The van der Waals surface area contributed by atoms with Crippen LogP contribution in [0.4, 0.5) is 5.69 Å². The lowest BCUT2D eigenvalue weighted by Gasteiger charge is -2.18. The molecule has 0 aliphatic heterocycles. The molecule has 1 N–H and O–H groups in total. The maximum atomic E-state index is 12.0. The van der Waals surface area contributed by atoms with Crippen molar-refractivity contribution in [3.05, 3.63) is 73.3 Å². The van der Waals surface area contributed by atoms with Gasteiger partial charge in [-0.25, -0.2) is 5.43 Å². The molecule has 0 aliphatic rings. The molecule has 0 aromatic heterocycles. The second-order valence-corrected chi connectivity index (χ2v) is 7.72. The molecule has 2 aromatic rings. The van der Waals surface area contributed by atoms with E-state index in [2.05, 4.69) is 45.1 Å². The first-order valence-electron chi connectivity index (χ1n) is 8.92. The van der Waals surface area contributed by atoms with Crippen molar-refractivity contribution in [1.82, 2.24) is 5.43 Å². The highest BCUT2D eigenvalue weighted by Crippen LogP contribution is 2.28. The number of nitrogens with one attached hydrogen (secondary N) is 1. The summed E-state index contributed by atoms with van der Waals surface area (Å²) in [5, 5.41) is 14.5. The van der Waals surface area contributed by atoms with Crippen LogP contribution in [-0.2, 0) is 10.5 Å². The summed E-state index contributed by atoms with van der Waals surface area (Å²) in [5.74, 6) is 0.903. The van der Waals surface area contributed by atoms with E-state index in [1.165, 1.54) is 51.7 Å². The molecule has 148 valence electrons. The predicted molar refractivity (Wildman–Crippen MR) is 115 cm³/mol. The van der Waals surface area contributed by atoms with E-state index in [1.807, 2.05) is 0 Å². The van der Waals surface area contributed by atoms with Crippen molar-refractivity contribution in [1.29, 1.82) is 0 Å². The SMILES string of the molecule is Cc1c(C)c(C)c(CSCC(=O)N/N=C\c2ccc([N+](=O)[O-])cc2)c(C)c1C. The number of rotatable bonds is 7. The second kappa shape index (κ2) is 9.50. The number of benzene rings is 2. The Balaban J connectivity index is 1.87. The quantitative estimate of drug-likeness (QED) is 0.421. The first-order valence-corrected chi connectivity index (χ1v) is 10.1. The molecule has 0 aliphatic carbocycles. The largest absolute Gasteiger partial charge is 0.272 e. The number of carbonyl (C=O) groups is 1. The first-order chi connectivity index (χ1) is 13.2. The van der Waals surface area contributed by atoms with Crippen LogP contribution in [0.5, 0.6) is 0 Å². The van der Waals surface area contributed by atoms with E-state index in [1.54, 1.807) is 23.9 Å². The van der Waals surface area contributed by atoms with Crippen molar-refractivity contribution in [2.24, 2.45) is 5.10 Å². The number of thioether (sulfide) groups is 1. The molecule has 0 bridgehead atoms. The van der Waals surface area contributed by atoms with Crippen LogP contribution in [0.3, 0.4) is 0 Å². The van der Waals surface area contributed by atoms with Crippen molar-refractivity contribution in [2.45, 2.75) is 40.4 Å². The number of hydrazone groups is 1. The summed E-state index contributed by atoms with van der Waals surface area (Å²) in [5.41, 5.74) is 11.0. The first kappa shape index (κ1) is 21.6. The van der Waals surface area contributed by atoms with Gasteiger partial charge in [0.1, 0.15) is 0 Å². The lowest BCUT2D eigenvalue weighted by atomic mass is 9.90. The third kappa shape index (κ3) is 5.19. The molecule has 2 aromatic carbocycles. The zero-order chi connectivity index (χ0) is 20.8. The van der Waals surface area contributed by atoms with Crippen LogP contribution < -0.4 is 5.43 Å². The van der Waals surface area contributed by atoms with Crippen molar-refractivity contribution in [2.75, 3.05) is 5.75 Å². The lowest BCUT2D eigenvalue weighted by Crippen LogP contribution is -2.19. The molecule has 0 unspecified atom stereocenters. The van der Waals surface area contributed by atoms with Gasteiger partial charge in [0.25, 0.3) is 5.69 Å². The number of non-ortho nitro benzene ring substituents is 1.